The lowest BCUT2D eigenvalue weighted by Gasteiger charge is -2.26. The number of nitrogens with zero attached hydrogens (tertiary/aromatic N) is 1. The number of hydrogen-bond donors (Lipinski definition) is 1. The molecule has 2 N–H and O–H groups in total. The van der Waals surface area contributed by atoms with Crippen LogP contribution in [-0.4, -0.2) is 43.3 Å². The van der Waals surface area contributed by atoms with Gasteiger partial charge < -0.3 is 10.5 Å². The van der Waals surface area contributed by atoms with Crippen molar-refractivity contribution in [2.45, 2.75) is 38.3 Å². The Morgan fingerprint density at radius 2 is 2.07 bits per heavy atom. The molecule has 3 nitrogen and oxygen atoms in total. The van der Waals surface area contributed by atoms with Crippen LogP contribution in [-0.2, 0) is 4.74 Å². The number of likely N-dealkylation sites (tertiary alicyclic amines) is 1. The van der Waals surface area contributed by atoms with Crippen LogP contribution in [0.1, 0.15) is 26.2 Å². The summed E-state index contributed by atoms with van der Waals surface area (Å²) in [5.74, 6) is 0.666. The van der Waals surface area contributed by atoms with E-state index in [1.807, 2.05) is 0 Å². The Bertz CT molecular complexity index is 168. The molecule has 0 aromatic rings. The fourth-order valence-corrected chi connectivity index (χ4v) is 2.58. The largest absolute Gasteiger partial charge is 0.381 e. The lowest BCUT2D eigenvalue weighted by Crippen LogP contribution is -2.35. The first-order chi connectivity index (χ1) is 6.77. The summed E-state index contributed by atoms with van der Waals surface area (Å²) in [7, 11) is 0. The maximum atomic E-state index is 6.04. The quantitative estimate of drug-likeness (QED) is 0.678. The topological polar surface area (TPSA) is 38.5 Å². The molecule has 0 bridgehead atoms. The van der Waals surface area contributed by atoms with Gasteiger partial charge in [0.15, 0.2) is 0 Å². The minimum atomic E-state index is 0.388. The molecule has 0 aliphatic carbocycles. The molecule has 3 atom stereocenters. The SMILES string of the molecule is CC1CN(C2CCCOCC2)CC1N. The standard InChI is InChI=1S/C11H22N2O/c1-9-7-13(8-11(9)12)10-3-2-5-14-6-4-10/h9-11H,2-8,12H2,1H3. The van der Waals surface area contributed by atoms with E-state index in [1.165, 1.54) is 25.8 Å². The van der Waals surface area contributed by atoms with Gasteiger partial charge in [-0.25, -0.2) is 0 Å². The predicted molar refractivity (Wildman–Crippen MR) is 57.2 cm³/mol. The van der Waals surface area contributed by atoms with E-state index in [0.717, 1.165) is 25.8 Å². The minimum absolute atomic E-state index is 0.388. The molecule has 2 heterocycles. The van der Waals surface area contributed by atoms with Gasteiger partial charge in [-0.1, -0.05) is 6.92 Å². The van der Waals surface area contributed by atoms with E-state index in [-0.39, 0.29) is 0 Å². The normalized spacial score (nSPS) is 41.1. The summed E-state index contributed by atoms with van der Waals surface area (Å²) in [5.41, 5.74) is 6.04. The van der Waals surface area contributed by atoms with Crippen LogP contribution in [0.5, 0.6) is 0 Å². The number of ether oxygens (including phenoxy) is 1. The van der Waals surface area contributed by atoms with Crippen LogP contribution in [0.3, 0.4) is 0 Å². The minimum Gasteiger partial charge on any atom is -0.381 e. The van der Waals surface area contributed by atoms with Crippen molar-refractivity contribution in [3.63, 3.8) is 0 Å². The van der Waals surface area contributed by atoms with Gasteiger partial charge in [-0.15, -0.1) is 0 Å². The fraction of sp³-hybridized carbons (Fsp3) is 1.00. The van der Waals surface area contributed by atoms with E-state index in [2.05, 4.69) is 11.8 Å². The third kappa shape index (κ3) is 2.27. The van der Waals surface area contributed by atoms with Crippen molar-refractivity contribution >= 4 is 0 Å². The van der Waals surface area contributed by atoms with Crippen LogP contribution in [0.25, 0.3) is 0 Å². The molecule has 0 radical (unpaired) electrons. The summed E-state index contributed by atoms with van der Waals surface area (Å²) >= 11 is 0. The monoisotopic (exact) mass is 198 g/mol. The first kappa shape index (κ1) is 10.4. The molecule has 3 heteroatoms. The lowest BCUT2D eigenvalue weighted by molar-refractivity contribution is 0.134. The molecule has 0 saturated carbocycles. The van der Waals surface area contributed by atoms with Gasteiger partial charge >= 0.3 is 0 Å². The van der Waals surface area contributed by atoms with Crippen molar-refractivity contribution in [1.82, 2.24) is 4.90 Å². The van der Waals surface area contributed by atoms with E-state index in [1.54, 1.807) is 0 Å². The Kier molecular flexibility index (Phi) is 3.42. The van der Waals surface area contributed by atoms with Gasteiger partial charge in [-0.3, -0.25) is 4.90 Å². The van der Waals surface area contributed by atoms with E-state index in [9.17, 15) is 0 Å². The zero-order valence-electron chi connectivity index (χ0n) is 9.11. The van der Waals surface area contributed by atoms with Crippen molar-refractivity contribution in [1.29, 1.82) is 0 Å². The van der Waals surface area contributed by atoms with E-state index in [4.69, 9.17) is 10.5 Å². The van der Waals surface area contributed by atoms with Crippen LogP contribution in [0.15, 0.2) is 0 Å². The van der Waals surface area contributed by atoms with Crippen LogP contribution in [0.4, 0.5) is 0 Å². The number of hydrogen-bond acceptors (Lipinski definition) is 3. The average Bonchev–Trinajstić information content (AvgIpc) is 2.46. The summed E-state index contributed by atoms with van der Waals surface area (Å²) in [5, 5.41) is 0. The van der Waals surface area contributed by atoms with Crippen molar-refractivity contribution in [3.8, 4) is 0 Å². The molecule has 2 aliphatic heterocycles. The predicted octanol–water partition coefficient (Wildman–Crippen LogP) is 0.835. The molecular weight excluding hydrogens is 176 g/mol. The van der Waals surface area contributed by atoms with Gasteiger partial charge in [0.05, 0.1) is 0 Å². The highest BCUT2D eigenvalue weighted by Crippen LogP contribution is 2.22. The second-order valence-electron chi connectivity index (χ2n) is 4.79. The van der Waals surface area contributed by atoms with E-state index in [0.29, 0.717) is 12.0 Å². The Labute approximate surface area is 86.6 Å². The van der Waals surface area contributed by atoms with Crippen LogP contribution >= 0.6 is 0 Å². The van der Waals surface area contributed by atoms with Crippen molar-refractivity contribution in [2.24, 2.45) is 11.7 Å². The van der Waals surface area contributed by atoms with Gasteiger partial charge in [0.25, 0.3) is 0 Å². The Hall–Kier alpha value is -0.120. The lowest BCUT2D eigenvalue weighted by atomic mass is 10.1. The van der Waals surface area contributed by atoms with Gasteiger partial charge in [0.2, 0.25) is 0 Å². The highest BCUT2D eigenvalue weighted by molar-refractivity contribution is 4.88. The summed E-state index contributed by atoms with van der Waals surface area (Å²) < 4.78 is 5.48. The first-order valence-electron chi connectivity index (χ1n) is 5.85. The highest BCUT2D eigenvalue weighted by Gasteiger charge is 2.31. The molecule has 0 aromatic heterocycles. The van der Waals surface area contributed by atoms with E-state index < -0.39 is 0 Å². The molecule has 2 fully saturated rings. The fourth-order valence-electron chi connectivity index (χ4n) is 2.58. The third-order valence-electron chi connectivity index (χ3n) is 3.64. The molecule has 2 rings (SSSR count). The third-order valence-corrected chi connectivity index (χ3v) is 3.64. The summed E-state index contributed by atoms with van der Waals surface area (Å²) in [4.78, 5) is 2.57. The maximum absolute atomic E-state index is 6.04. The van der Waals surface area contributed by atoms with Crippen LogP contribution < -0.4 is 5.73 Å². The second-order valence-corrected chi connectivity index (χ2v) is 4.79. The second kappa shape index (κ2) is 4.60. The molecule has 2 saturated heterocycles. The molecule has 0 aromatic carbocycles. The van der Waals surface area contributed by atoms with Gasteiger partial charge in [0, 0.05) is 38.4 Å². The highest BCUT2D eigenvalue weighted by atomic mass is 16.5. The van der Waals surface area contributed by atoms with Crippen LogP contribution in [0, 0.1) is 5.92 Å². The molecule has 82 valence electrons. The molecule has 0 amide bonds. The van der Waals surface area contributed by atoms with Crippen molar-refractivity contribution < 1.29 is 4.74 Å². The van der Waals surface area contributed by atoms with E-state index >= 15 is 0 Å². The van der Waals surface area contributed by atoms with Gasteiger partial charge in [0.1, 0.15) is 0 Å². The molecule has 3 unspecified atom stereocenters. The Morgan fingerprint density at radius 3 is 2.79 bits per heavy atom. The molecule has 2 aliphatic rings. The summed E-state index contributed by atoms with van der Waals surface area (Å²) in [6.07, 6.45) is 3.70. The molecule has 14 heavy (non-hydrogen) atoms. The number of rotatable bonds is 1. The molecular formula is C11H22N2O. The molecule has 0 spiro atoms. The Balaban J connectivity index is 1.88. The van der Waals surface area contributed by atoms with Crippen molar-refractivity contribution in [3.05, 3.63) is 0 Å². The zero-order valence-corrected chi connectivity index (χ0v) is 9.11. The van der Waals surface area contributed by atoms with Gasteiger partial charge in [-0.2, -0.15) is 0 Å². The van der Waals surface area contributed by atoms with Crippen molar-refractivity contribution in [2.75, 3.05) is 26.3 Å². The Morgan fingerprint density at radius 1 is 1.21 bits per heavy atom. The zero-order chi connectivity index (χ0) is 9.97. The summed E-state index contributed by atoms with van der Waals surface area (Å²) in [6.45, 7) is 6.42. The van der Waals surface area contributed by atoms with Gasteiger partial charge in [-0.05, 0) is 25.2 Å². The summed E-state index contributed by atoms with van der Waals surface area (Å²) in [6, 6.07) is 1.12. The maximum Gasteiger partial charge on any atom is 0.0480 e. The smallest absolute Gasteiger partial charge is 0.0480 e. The number of nitrogens with two attached hydrogens (primary N) is 1. The van der Waals surface area contributed by atoms with Crippen LogP contribution in [0.2, 0.25) is 0 Å². The first-order valence-corrected chi connectivity index (χ1v) is 5.85. The average molecular weight is 198 g/mol.